The van der Waals surface area contributed by atoms with Crippen LogP contribution in [0.15, 0.2) is 12.4 Å². The SMILES string of the molecule is CC(C)(C)NC(=O)OC1CN(c2nccn3nnnc23)C1. The summed E-state index contributed by atoms with van der Waals surface area (Å²) in [6.45, 7) is 6.88. The van der Waals surface area contributed by atoms with Crippen LogP contribution < -0.4 is 10.2 Å². The predicted molar refractivity (Wildman–Crippen MR) is 73.9 cm³/mol. The van der Waals surface area contributed by atoms with Gasteiger partial charge >= 0.3 is 6.09 Å². The number of amides is 1. The number of ether oxygens (including phenoxy) is 1. The van der Waals surface area contributed by atoms with Gasteiger partial charge in [0.25, 0.3) is 0 Å². The average Bonchev–Trinajstić information content (AvgIpc) is 2.79. The van der Waals surface area contributed by atoms with Crippen LogP contribution in [-0.4, -0.2) is 55.9 Å². The fourth-order valence-corrected chi connectivity index (χ4v) is 2.06. The number of alkyl carbamates (subject to hydrolysis) is 1. The van der Waals surface area contributed by atoms with E-state index in [2.05, 4.69) is 25.8 Å². The van der Waals surface area contributed by atoms with Crippen molar-refractivity contribution in [2.45, 2.75) is 32.4 Å². The molecule has 112 valence electrons. The first-order chi connectivity index (χ1) is 9.92. The monoisotopic (exact) mass is 291 g/mol. The van der Waals surface area contributed by atoms with Gasteiger partial charge in [-0.2, -0.15) is 4.52 Å². The molecule has 21 heavy (non-hydrogen) atoms. The lowest BCUT2D eigenvalue weighted by Crippen LogP contribution is -2.55. The first-order valence-corrected chi connectivity index (χ1v) is 6.69. The van der Waals surface area contributed by atoms with Gasteiger partial charge in [0.1, 0.15) is 6.10 Å². The molecule has 3 heterocycles. The van der Waals surface area contributed by atoms with Crippen molar-refractivity contribution in [2.75, 3.05) is 18.0 Å². The number of tetrazole rings is 1. The Morgan fingerprint density at radius 2 is 2.19 bits per heavy atom. The number of hydrogen-bond donors (Lipinski definition) is 1. The molecule has 1 N–H and O–H groups in total. The van der Waals surface area contributed by atoms with Crippen LogP contribution in [0.4, 0.5) is 10.6 Å². The third kappa shape index (κ3) is 2.86. The van der Waals surface area contributed by atoms with Crippen molar-refractivity contribution in [2.24, 2.45) is 0 Å². The van der Waals surface area contributed by atoms with Gasteiger partial charge in [-0.15, -0.1) is 5.10 Å². The topological polar surface area (TPSA) is 97.5 Å². The Bertz CT molecular complexity index is 657. The molecular weight excluding hydrogens is 274 g/mol. The molecule has 0 saturated carbocycles. The van der Waals surface area contributed by atoms with Gasteiger partial charge in [0, 0.05) is 11.7 Å². The molecule has 0 aliphatic carbocycles. The number of hydrogen-bond acceptors (Lipinski definition) is 7. The van der Waals surface area contributed by atoms with Crippen LogP contribution in [0.2, 0.25) is 0 Å². The third-order valence-electron chi connectivity index (χ3n) is 3.00. The van der Waals surface area contributed by atoms with E-state index in [4.69, 9.17) is 4.74 Å². The van der Waals surface area contributed by atoms with Gasteiger partial charge in [-0.05, 0) is 31.2 Å². The van der Waals surface area contributed by atoms with E-state index >= 15 is 0 Å². The van der Waals surface area contributed by atoms with Crippen LogP contribution in [0.3, 0.4) is 0 Å². The molecule has 2 aromatic heterocycles. The molecular formula is C12H17N7O2. The summed E-state index contributed by atoms with van der Waals surface area (Å²) < 4.78 is 6.89. The highest BCUT2D eigenvalue weighted by Crippen LogP contribution is 2.23. The molecule has 0 spiro atoms. The van der Waals surface area contributed by atoms with Gasteiger partial charge in [-0.25, -0.2) is 9.78 Å². The van der Waals surface area contributed by atoms with E-state index in [9.17, 15) is 4.79 Å². The van der Waals surface area contributed by atoms with E-state index in [-0.39, 0.29) is 11.6 Å². The second kappa shape index (κ2) is 4.83. The van der Waals surface area contributed by atoms with Crippen LogP contribution in [0.25, 0.3) is 5.65 Å². The molecule has 1 fully saturated rings. The quantitative estimate of drug-likeness (QED) is 0.846. The van der Waals surface area contributed by atoms with Crippen molar-refractivity contribution >= 4 is 17.6 Å². The lowest BCUT2D eigenvalue weighted by atomic mass is 10.1. The Hall–Kier alpha value is -2.45. The lowest BCUT2D eigenvalue weighted by molar-refractivity contribution is 0.0753. The predicted octanol–water partition coefficient (Wildman–Crippen LogP) is 0.233. The van der Waals surface area contributed by atoms with Gasteiger partial charge in [0.05, 0.1) is 19.3 Å². The third-order valence-corrected chi connectivity index (χ3v) is 3.00. The summed E-state index contributed by atoms with van der Waals surface area (Å²) in [5.41, 5.74) is 0.288. The number of anilines is 1. The summed E-state index contributed by atoms with van der Waals surface area (Å²) in [4.78, 5) is 17.9. The molecule has 1 aliphatic rings. The highest BCUT2D eigenvalue weighted by molar-refractivity contribution is 5.69. The van der Waals surface area contributed by atoms with Crippen LogP contribution >= 0.6 is 0 Å². The summed E-state index contributed by atoms with van der Waals surface area (Å²) in [6, 6.07) is 0. The molecule has 0 bridgehead atoms. The van der Waals surface area contributed by atoms with Crippen LogP contribution in [0.5, 0.6) is 0 Å². The van der Waals surface area contributed by atoms with Crippen LogP contribution in [0.1, 0.15) is 20.8 Å². The van der Waals surface area contributed by atoms with Crippen molar-refractivity contribution in [1.29, 1.82) is 0 Å². The molecule has 9 nitrogen and oxygen atoms in total. The van der Waals surface area contributed by atoms with Gasteiger partial charge in [0.2, 0.25) is 5.65 Å². The summed E-state index contributed by atoms with van der Waals surface area (Å²) >= 11 is 0. The fraction of sp³-hybridized carbons (Fsp3) is 0.583. The van der Waals surface area contributed by atoms with E-state index in [0.29, 0.717) is 24.6 Å². The van der Waals surface area contributed by atoms with E-state index in [0.717, 1.165) is 0 Å². The molecule has 3 rings (SSSR count). The van der Waals surface area contributed by atoms with Gasteiger partial charge < -0.3 is 15.0 Å². The minimum absolute atomic E-state index is 0.148. The molecule has 9 heteroatoms. The second-order valence-corrected chi connectivity index (χ2v) is 6.01. The average molecular weight is 291 g/mol. The molecule has 0 aromatic carbocycles. The van der Waals surface area contributed by atoms with Gasteiger partial charge in [0.15, 0.2) is 5.82 Å². The number of nitrogens with one attached hydrogen (secondary N) is 1. The first-order valence-electron chi connectivity index (χ1n) is 6.69. The zero-order valence-corrected chi connectivity index (χ0v) is 12.1. The maximum absolute atomic E-state index is 11.7. The van der Waals surface area contributed by atoms with E-state index in [1.54, 1.807) is 16.9 Å². The summed E-state index contributed by atoms with van der Waals surface area (Å²) in [5, 5.41) is 14.1. The van der Waals surface area contributed by atoms with Gasteiger partial charge in [-0.3, -0.25) is 0 Å². The second-order valence-electron chi connectivity index (χ2n) is 6.01. The first kappa shape index (κ1) is 13.5. The maximum Gasteiger partial charge on any atom is 0.407 e. The molecule has 0 radical (unpaired) electrons. The number of aromatic nitrogens is 5. The lowest BCUT2D eigenvalue weighted by Gasteiger charge is -2.39. The molecule has 2 aromatic rings. The summed E-state index contributed by atoms with van der Waals surface area (Å²) in [5.74, 6) is 0.693. The molecule has 0 unspecified atom stereocenters. The van der Waals surface area contributed by atoms with E-state index in [1.807, 2.05) is 25.7 Å². The summed E-state index contributed by atoms with van der Waals surface area (Å²) in [7, 11) is 0. The fourth-order valence-electron chi connectivity index (χ4n) is 2.06. The maximum atomic E-state index is 11.7. The van der Waals surface area contributed by atoms with Crippen molar-refractivity contribution < 1.29 is 9.53 Å². The minimum atomic E-state index is -0.400. The highest BCUT2D eigenvalue weighted by Gasteiger charge is 2.33. The van der Waals surface area contributed by atoms with Crippen molar-refractivity contribution in [3.8, 4) is 0 Å². The molecule has 1 aliphatic heterocycles. The molecule has 0 atom stereocenters. The van der Waals surface area contributed by atoms with Crippen molar-refractivity contribution in [3.05, 3.63) is 12.4 Å². The Morgan fingerprint density at radius 1 is 1.43 bits per heavy atom. The molecule has 1 saturated heterocycles. The number of nitrogens with zero attached hydrogens (tertiary/aromatic N) is 6. The minimum Gasteiger partial charge on any atom is -0.442 e. The summed E-state index contributed by atoms with van der Waals surface area (Å²) in [6.07, 6.45) is 2.77. The molecule has 1 amide bonds. The number of rotatable bonds is 2. The van der Waals surface area contributed by atoms with E-state index < -0.39 is 6.09 Å². The van der Waals surface area contributed by atoms with Crippen molar-refractivity contribution in [3.63, 3.8) is 0 Å². The smallest absolute Gasteiger partial charge is 0.407 e. The standard InChI is InChI=1S/C12H17N7O2/c1-12(2,3)14-11(20)21-8-6-18(7-8)9-10-15-16-17-19(10)5-4-13-9/h4-5,8H,6-7H2,1-3H3,(H,14,20). The number of carbonyl (C=O) groups excluding carboxylic acids is 1. The zero-order valence-electron chi connectivity index (χ0n) is 12.1. The Labute approximate surface area is 121 Å². The van der Waals surface area contributed by atoms with Gasteiger partial charge in [-0.1, -0.05) is 0 Å². The zero-order chi connectivity index (χ0) is 15.0. The number of fused-ring (bicyclic) bond motifs is 1. The largest absolute Gasteiger partial charge is 0.442 e. The van der Waals surface area contributed by atoms with Crippen LogP contribution in [0, 0.1) is 0 Å². The number of carbonyl (C=O) groups is 1. The highest BCUT2D eigenvalue weighted by atomic mass is 16.6. The Balaban J connectivity index is 1.59. The van der Waals surface area contributed by atoms with Crippen molar-refractivity contribution in [1.82, 2.24) is 30.3 Å². The van der Waals surface area contributed by atoms with E-state index in [1.165, 1.54) is 0 Å². The van der Waals surface area contributed by atoms with Crippen LogP contribution in [-0.2, 0) is 4.74 Å². The normalized spacial score (nSPS) is 15.9. The Kier molecular flexibility index (Phi) is 3.11. The Morgan fingerprint density at radius 3 is 2.90 bits per heavy atom.